The van der Waals surface area contributed by atoms with Crippen LogP contribution in [0.4, 0.5) is 34.1 Å². The van der Waals surface area contributed by atoms with Crippen LogP contribution in [0.3, 0.4) is 0 Å². The van der Waals surface area contributed by atoms with E-state index in [-0.39, 0.29) is 0 Å². The number of anilines is 6. The largest absolute Gasteiger partial charge is 0.310 e. The molecule has 0 fully saturated rings. The average Bonchev–Trinajstić information content (AvgIpc) is 4.29. The van der Waals surface area contributed by atoms with Crippen molar-refractivity contribution in [2.75, 3.05) is 9.80 Å². The Hall–Kier alpha value is -9.38. The Balaban J connectivity index is 1.12. The summed E-state index contributed by atoms with van der Waals surface area (Å²) in [4.78, 5) is 4.90. The lowest BCUT2D eigenvalue weighted by molar-refractivity contribution is 1.23. The number of nitrogens with zero attached hydrogens (tertiary/aromatic N) is 4. The summed E-state index contributed by atoms with van der Waals surface area (Å²) in [7, 11) is 0. The number of rotatable bonds is 8. The fourth-order valence-corrected chi connectivity index (χ4v) is 12.9. The van der Waals surface area contributed by atoms with Gasteiger partial charge in [-0.05, 0) is 136 Å². The number of hydrogen-bond donors (Lipinski definition) is 0. The van der Waals surface area contributed by atoms with Crippen LogP contribution in [0.2, 0.25) is 0 Å². The number of benzene rings is 11. The van der Waals surface area contributed by atoms with Crippen molar-refractivity contribution >= 4 is 110 Å². The predicted octanol–water partition coefficient (Wildman–Crippen LogP) is 20.1. The van der Waals surface area contributed by atoms with E-state index >= 15 is 0 Å². The summed E-state index contributed by atoms with van der Waals surface area (Å²) in [5, 5.41) is 10.0. The van der Waals surface area contributed by atoms with Gasteiger partial charge in [-0.25, -0.2) is 0 Å². The normalized spacial score (nSPS) is 12.1. The summed E-state index contributed by atoms with van der Waals surface area (Å²) in [6.45, 7) is 13.2. The first-order valence-corrected chi connectivity index (χ1v) is 26.6. The maximum atomic E-state index is 2.64. The average molecular weight is 975 g/mol. The molecule has 0 atom stereocenters. The van der Waals surface area contributed by atoms with E-state index in [0.717, 1.165) is 22.7 Å². The zero-order valence-electron chi connectivity index (χ0n) is 43.6. The first kappa shape index (κ1) is 44.1. The molecule has 15 rings (SSSR count). The maximum Gasteiger partial charge on any atom is 0.0634 e. The molecule has 0 radical (unpaired) electrons. The highest BCUT2D eigenvalue weighted by atomic mass is 15.2. The summed E-state index contributed by atoms with van der Waals surface area (Å²) in [5.74, 6) is 0. The van der Waals surface area contributed by atoms with Gasteiger partial charge in [0.1, 0.15) is 0 Å². The molecule has 0 N–H and O–H groups in total. The quantitative estimate of drug-likeness (QED) is 0.151. The number of fused-ring (bicyclic) bond motifs is 12. The number of aryl methyl sites for hydroxylation is 6. The van der Waals surface area contributed by atoms with Gasteiger partial charge in [-0.1, -0.05) is 169 Å². The molecule has 15 aromatic rings. The molecule has 0 aliphatic heterocycles. The van der Waals surface area contributed by atoms with Crippen molar-refractivity contribution in [1.82, 2.24) is 8.80 Å². The Morgan fingerprint density at radius 3 is 1.05 bits per heavy atom. The molecule has 0 saturated heterocycles. The highest BCUT2D eigenvalue weighted by Crippen LogP contribution is 2.55. The molecule has 4 nitrogen and oxygen atoms in total. The highest BCUT2D eigenvalue weighted by molar-refractivity contribution is 6.38. The van der Waals surface area contributed by atoms with Crippen LogP contribution in [0.25, 0.3) is 98.4 Å². The predicted molar refractivity (Wildman–Crippen MR) is 324 cm³/mol. The van der Waals surface area contributed by atoms with Gasteiger partial charge in [0, 0.05) is 88.3 Å². The van der Waals surface area contributed by atoms with Gasteiger partial charge in [0.15, 0.2) is 0 Å². The van der Waals surface area contributed by atoms with E-state index in [1.54, 1.807) is 0 Å². The van der Waals surface area contributed by atoms with Gasteiger partial charge in [-0.3, -0.25) is 0 Å². The van der Waals surface area contributed by atoms with Gasteiger partial charge in [-0.2, -0.15) is 0 Å². The van der Waals surface area contributed by atoms with Gasteiger partial charge in [0.05, 0.1) is 33.1 Å². The molecular weight excluding hydrogens is 921 g/mol. The van der Waals surface area contributed by atoms with E-state index in [4.69, 9.17) is 0 Å². The minimum Gasteiger partial charge on any atom is -0.310 e. The van der Waals surface area contributed by atoms with Gasteiger partial charge in [-0.15, -0.1) is 0 Å². The van der Waals surface area contributed by atoms with Crippen molar-refractivity contribution in [1.29, 1.82) is 0 Å². The van der Waals surface area contributed by atoms with E-state index in [1.165, 1.54) is 143 Å². The van der Waals surface area contributed by atoms with Crippen molar-refractivity contribution in [3.05, 3.63) is 252 Å². The van der Waals surface area contributed by atoms with E-state index in [0.29, 0.717) is 0 Å². The molecule has 76 heavy (non-hydrogen) atoms. The fraction of sp³-hybridized carbons (Fsp3) is 0.0833. The van der Waals surface area contributed by atoms with Crippen LogP contribution < -0.4 is 9.80 Å². The zero-order valence-corrected chi connectivity index (χ0v) is 43.6. The van der Waals surface area contributed by atoms with E-state index < -0.39 is 0 Å². The van der Waals surface area contributed by atoms with Crippen LogP contribution in [0.1, 0.15) is 33.4 Å². The number of aromatic nitrogens is 2. The molecule has 4 aromatic heterocycles. The Kier molecular flexibility index (Phi) is 9.62. The minimum absolute atomic E-state index is 1.12. The summed E-state index contributed by atoms with van der Waals surface area (Å²) in [5.41, 5.74) is 26.4. The molecule has 0 aliphatic rings. The van der Waals surface area contributed by atoms with Crippen LogP contribution in [0, 0.1) is 41.5 Å². The Morgan fingerprint density at radius 1 is 0.276 bits per heavy atom. The third-order valence-electron chi connectivity index (χ3n) is 16.4. The summed E-state index contributed by atoms with van der Waals surface area (Å²) < 4.78 is 5.27. The molecule has 0 unspecified atom stereocenters. The summed E-state index contributed by atoms with van der Waals surface area (Å²) in [6.07, 6.45) is 0. The Morgan fingerprint density at radius 2 is 0.645 bits per heavy atom. The van der Waals surface area contributed by atoms with E-state index in [9.17, 15) is 0 Å². The molecule has 4 heterocycles. The van der Waals surface area contributed by atoms with Crippen molar-refractivity contribution < 1.29 is 0 Å². The summed E-state index contributed by atoms with van der Waals surface area (Å²) in [6, 6.07) is 82.2. The van der Waals surface area contributed by atoms with Crippen LogP contribution >= 0.6 is 0 Å². The van der Waals surface area contributed by atoms with Gasteiger partial charge in [0.25, 0.3) is 0 Å². The lowest BCUT2D eigenvalue weighted by atomic mass is 9.89. The maximum absolute atomic E-state index is 2.64. The van der Waals surface area contributed by atoms with Gasteiger partial charge >= 0.3 is 0 Å². The topological polar surface area (TPSA) is 15.3 Å². The van der Waals surface area contributed by atoms with Crippen LogP contribution in [-0.4, -0.2) is 8.80 Å². The molecule has 11 aromatic carbocycles. The first-order valence-electron chi connectivity index (χ1n) is 26.6. The molecular formula is C72H54N4. The molecule has 0 saturated carbocycles. The van der Waals surface area contributed by atoms with Crippen LogP contribution in [-0.2, 0) is 0 Å². The smallest absolute Gasteiger partial charge is 0.0634 e. The molecule has 4 heteroatoms. The van der Waals surface area contributed by atoms with Crippen molar-refractivity contribution in [2.45, 2.75) is 41.5 Å². The van der Waals surface area contributed by atoms with Gasteiger partial charge in [0.2, 0.25) is 0 Å². The lowest BCUT2D eigenvalue weighted by Gasteiger charge is -2.28. The fourth-order valence-electron chi connectivity index (χ4n) is 12.9. The standard InChI is InChI=1S/C72H54N4/c1-43-25-31-51(32-26-43)73(61-39-45(3)23-29-47(61)5)53-35-37-55-57-19-13-21-59-67-66(50-17-11-8-12-18-50)72-68(65(49-15-9-7-10-16-49)71(67)75(69(57)59)63(55)41-53)60-22-14-20-58-56-38-36-54(42-64(56)76(72)70(58)60)74(52-33-27-44(2)28-34-52)62-40-46(4)24-30-48(62)6/h7-42H,1-6H3. The van der Waals surface area contributed by atoms with Crippen molar-refractivity contribution in [3.63, 3.8) is 0 Å². The highest BCUT2D eigenvalue weighted by Gasteiger charge is 2.31. The molecule has 362 valence electrons. The third kappa shape index (κ3) is 6.37. The Labute approximate surface area is 442 Å². The first-order chi connectivity index (χ1) is 37.2. The Bertz CT molecular complexity index is 4480. The lowest BCUT2D eigenvalue weighted by Crippen LogP contribution is -2.11. The second-order valence-electron chi connectivity index (χ2n) is 21.3. The van der Waals surface area contributed by atoms with E-state index in [1.807, 2.05) is 0 Å². The molecule has 0 amide bonds. The monoisotopic (exact) mass is 974 g/mol. The van der Waals surface area contributed by atoms with E-state index in [2.05, 4.69) is 279 Å². The van der Waals surface area contributed by atoms with Gasteiger partial charge < -0.3 is 18.6 Å². The minimum atomic E-state index is 1.12. The molecule has 0 bridgehead atoms. The van der Waals surface area contributed by atoms with Crippen LogP contribution in [0.5, 0.6) is 0 Å². The summed E-state index contributed by atoms with van der Waals surface area (Å²) >= 11 is 0. The van der Waals surface area contributed by atoms with Crippen molar-refractivity contribution in [3.8, 4) is 22.3 Å². The number of hydrogen-bond acceptors (Lipinski definition) is 2. The third-order valence-corrected chi connectivity index (χ3v) is 16.4. The van der Waals surface area contributed by atoms with Crippen molar-refractivity contribution in [2.24, 2.45) is 0 Å². The number of para-hydroxylation sites is 2. The second kappa shape index (κ2) is 16.6. The SMILES string of the molecule is Cc1ccc(N(c2ccc3c4cccc5c6c(-c7ccccc7)c7c(c(-c8ccccc8)c6n(c3c2)c45)c2cccc3c4ccc(N(c5ccc(C)cc5)c5cc(C)ccc5C)cc4n7c32)c2cc(C)ccc2C)cc1. The second-order valence-corrected chi connectivity index (χ2v) is 21.3. The molecule has 0 spiro atoms. The van der Waals surface area contributed by atoms with Crippen LogP contribution in [0.15, 0.2) is 218 Å². The molecule has 0 aliphatic carbocycles. The zero-order chi connectivity index (χ0) is 51.1.